The number of alkyl halides is 3. The van der Waals surface area contributed by atoms with Crippen molar-refractivity contribution in [1.29, 1.82) is 0 Å². The Labute approximate surface area is 228 Å². The summed E-state index contributed by atoms with van der Waals surface area (Å²) in [4.78, 5) is 43.3. The summed E-state index contributed by atoms with van der Waals surface area (Å²) in [6, 6.07) is 21.1. The molecule has 3 aromatic carbocycles. The number of aromatic amines is 1. The van der Waals surface area contributed by atoms with E-state index in [4.69, 9.17) is 4.74 Å². The van der Waals surface area contributed by atoms with Gasteiger partial charge in [0.25, 0.3) is 0 Å². The molecule has 0 radical (unpaired) electrons. The maximum Gasteiger partial charge on any atom is 0.418 e. The summed E-state index contributed by atoms with van der Waals surface area (Å²) in [5.74, 6) is -2.69. The molecule has 1 aromatic heterocycles. The summed E-state index contributed by atoms with van der Waals surface area (Å²) in [5.41, 5.74) is 0.0232. The number of thiazole rings is 1. The number of fused-ring (bicyclic) bond motifs is 2. The lowest BCUT2D eigenvalue weighted by Gasteiger charge is -2.30. The molecule has 3 atom stereocenters. The molecular formula is C28H19F3N2O4S2. The first-order chi connectivity index (χ1) is 18.7. The molecule has 1 saturated heterocycles. The molecule has 0 bridgehead atoms. The molecule has 1 N–H and O–H groups in total. The van der Waals surface area contributed by atoms with Crippen molar-refractivity contribution in [2.75, 3.05) is 4.90 Å². The minimum Gasteiger partial charge on any atom is -0.489 e. The third kappa shape index (κ3) is 4.55. The van der Waals surface area contributed by atoms with Gasteiger partial charge in [-0.05, 0) is 35.4 Å². The van der Waals surface area contributed by atoms with Crippen LogP contribution in [0.4, 0.5) is 18.9 Å². The predicted octanol–water partition coefficient (Wildman–Crippen LogP) is 5.83. The normalized spacial score (nSPS) is 20.6. The van der Waals surface area contributed by atoms with Gasteiger partial charge in [0.05, 0.1) is 22.2 Å². The van der Waals surface area contributed by atoms with Crippen LogP contribution in [0.3, 0.4) is 0 Å². The molecule has 2 amide bonds. The van der Waals surface area contributed by atoms with Crippen molar-refractivity contribution in [1.82, 2.24) is 4.98 Å². The standard InChI is InChI=1S/C28H19F3N2O4S2/c29-28(30,31)18-11-4-5-12-19(18)33-25(34)21-20(22-24(32-27(36)39-22)38-23(21)26(33)35)16-9-6-10-17(13-16)37-14-15-7-2-1-3-8-15/h1-13,20-21,23H,14H2,(H,32,36)/t20-,21-,23+/m0/s1. The molecule has 4 aromatic rings. The van der Waals surface area contributed by atoms with Crippen LogP contribution in [-0.4, -0.2) is 22.0 Å². The first-order valence-corrected chi connectivity index (χ1v) is 13.6. The fourth-order valence-corrected chi connectivity index (χ4v) is 7.58. The van der Waals surface area contributed by atoms with Crippen molar-refractivity contribution in [3.8, 4) is 5.75 Å². The van der Waals surface area contributed by atoms with E-state index >= 15 is 0 Å². The van der Waals surface area contributed by atoms with E-state index in [1.54, 1.807) is 24.3 Å². The number of ether oxygens (including phenoxy) is 1. The lowest BCUT2D eigenvalue weighted by molar-refractivity contribution is -0.137. The molecule has 198 valence electrons. The maximum absolute atomic E-state index is 13.8. The van der Waals surface area contributed by atoms with Crippen molar-refractivity contribution >= 4 is 40.6 Å². The molecule has 2 aliphatic rings. The molecule has 6 rings (SSSR count). The van der Waals surface area contributed by atoms with Crippen LogP contribution in [0.25, 0.3) is 0 Å². The number of carbonyl (C=O) groups is 2. The van der Waals surface area contributed by atoms with Gasteiger partial charge >= 0.3 is 11.0 Å². The highest BCUT2D eigenvalue weighted by molar-refractivity contribution is 8.00. The Balaban J connectivity index is 1.40. The summed E-state index contributed by atoms with van der Waals surface area (Å²) in [7, 11) is 0. The van der Waals surface area contributed by atoms with E-state index in [1.165, 1.54) is 12.1 Å². The van der Waals surface area contributed by atoms with Crippen LogP contribution in [0.1, 0.15) is 27.5 Å². The number of nitrogens with zero attached hydrogens (tertiary/aromatic N) is 1. The molecule has 0 saturated carbocycles. The number of hydrogen-bond donors (Lipinski definition) is 1. The van der Waals surface area contributed by atoms with Crippen LogP contribution in [-0.2, 0) is 22.4 Å². The van der Waals surface area contributed by atoms with Gasteiger partial charge in [0.1, 0.15) is 17.6 Å². The Morgan fingerprint density at radius 2 is 1.64 bits per heavy atom. The summed E-state index contributed by atoms with van der Waals surface area (Å²) in [6.07, 6.45) is -4.76. The molecule has 0 spiro atoms. The Hall–Kier alpha value is -3.83. The van der Waals surface area contributed by atoms with Gasteiger partial charge in [0.15, 0.2) is 0 Å². The highest BCUT2D eigenvalue weighted by atomic mass is 32.2. The van der Waals surface area contributed by atoms with E-state index in [2.05, 4.69) is 4.98 Å². The van der Waals surface area contributed by atoms with Crippen molar-refractivity contribution < 1.29 is 27.5 Å². The summed E-state index contributed by atoms with van der Waals surface area (Å²) in [5, 5.41) is -0.561. The first kappa shape index (κ1) is 25.4. The average molecular weight is 569 g/mol. The smallest absolute Gasteiger partial charge is 0.418 e. The molecule has 6 nitrogen and oxygen atoms in total. The van der Waals surface area contributed by atoms with Crippen LogP contribution < -0.4 is 14.5 Å². The monoisotopic (exact) mass is 568 g/mol. The highest BCUT2D eigenvalue weighted by Gasteiger charge is 2.57. The zero-order valence-electron chi connectivity index (χ0n) is 20.0. The minimum atomic E-state index is -4.76. The van der Waals surface area contributed by atoms with Gasteiger partial charge in [-0.25, -0.2) is 4.90 Å². The third-order valence-electron chi connectivity index (χ3n) is 6.74. The lowest BCUT2D eigenvalue weighted by atomic mass is 9.83. The van der Waals surface area contributed by atoms with Crippen LogP contribution in [0.15, 0.2) is 88.7 Å². The second-order valence-corrected chi connectivity index (χ2v) is 11.3. The second kappa shape index (κ2) is 9.73. The van der Waals surface area contributed by atoms with Crippen molar-refractivity contribution in [2.24, 2.45) is 5.92 Å². The lowest BCUT2D eigenvalue weighted by Crippen LogP contribution is -2.33. The maximum atomic E-state index is 13.8. The van der Waals surface area contributed by atoms with E-state index in [-0.39, 0.29) is 4.87 Å². The largest absolute Gasteiger partial charge is 0.489 e. The molecule has 11 heteroatoms. The third-order valence-corrected chi connectivity index (χ3v) is 9.14. The van der Waals surface area contributed by atoms with Crippen molar-refractivity contribution in [3.05, 3.63) is 110 Å². The van der Waals surface area contributed by atoms with E-state index in [1.807, 2.05) is 30.3 Å². The number of thioether (sulfide) groups is 1. The highest BCUT2D eigenvalue weighted by Crippen LogP contribution is 2.54. The van der Waals surface area contributed by atoms with Crippen LogP contribution in [0.2, 0.25) is 0 Å². The number of benzene rings is 3. The molecular weight excluding hydrogens is 549 g/mol. The summed E-state index contributed by atoms with van der Waals surface area (Å²) >= 11 is 1.94. The van der Waals surface area contributed by atoms with Crippen molar-refractivity contribution in [2.45, 2.75) is 29.0 Å². The molecule has 39 heavy (non-hydrogen) atoms. The summed E-state index contributed by atoms with van der Waals surface area (Å²) < 4.78 is 47.4. The van der Waals surface area contributed by atoms with Crippen LogP contribution in [0.5, 0.6) is 5.75 Å². The number of para-hydroxylation sites is 1. The van der Waals surface area contributed by atoms with Crippen molar-refractivity contribution in [3.63, 3.8) is 0 Å². The molecule has 2 aliphatic heterocycles. The number of halogens is 3. The van der Waals surface area contributed by atoms with E-state index < -0.39 is 46.3 Å². The quantitative estimate of drug-likeness (QED) is 0.307. The first-order valence-electron chi connectivity index (χ1n) is 11.9. The number of carbonyl (C=O) groups excluding carboxylic acids is 2. The fraction of sp³-hybridized carbons (Fsp3) is 0.179. The Bertz CT molecular complexity index is 1630. The molecule has 0 unspecified atom stereocenters. The Kier molecular flexibility index (Phi) is 6.35. The van der Waals surface area contributed by atoms with Gasteiger partial charge in [-0.15, -0.1) is 0 Å². The Morgan fingerprint density at radius 1 is 0.897 bits per heavy atom. The van der Waals surface area contributed by atoms with Gasteiger partial charge in [-0.2, -0.15) is 13.2 Å². The zero-order valence-corrected chi connectivity index (χ0v) is 21.6. The molecule has 0 aliphatic carbocycles. The SMILES string of the molecule is O=C1[C@H]2[C@H](c3cccc(OCc4ccccc4)c3)c3sc(=O)[nH]c3S[C@H]2C(=O)N1c1ccccc1C(F)(F)F. The number of rotatable bonds is 5. The number of imide groups is 1. The summed E-state index contributed by atoms with van der Waals surface area (Å²) in [6.45, 7) is 0.305. The topological polar surface area (TPSA) is 79.5 Å². The van der Waals surface area contributed by atoms with Gasteiger partial charge in [0, 0.05) is 10.8 Å². The van der Waals surface area contributed by atoms with Gasteiger partial charge in [-0.3, -0.25) is 14.4 Å². The number of nitrogens with one attached hydrogen (secondary N) is 1. The van der Waals surface area contributed by atoms with Gasteiger partial charge < -0.3 is 9.72 Å². The molecule has 3 heterocycles. The van der Waals surface area contributed by atoms with E-state index in [0.717, 1.165) is 40.8 Å². The van der Waals surface area contributed by atoms with Gasteiger partial charge in [-0.1, -0.05) is 77.7 Å². The minimum absolute atomic E-state index is 0.305. The molecule has 1 fully saturated rings. The number of anilines is 1. The van der Waals surface area contributed by atoms with E-state index in [9.17, 15) is 27.6 Å². The second-order valence-electron chi connectivity index (χ2n) is 9.12. The number of aromatic nitrogens is 1. The number of H-pyrrole nitrogens is 1. The van der Waals surface area contributed by atoms with Gasteiger partial charge in [0.2, 0.25) is 11.8 Å². The fourth-order valence-electron chi connectivity index (χ4n) is 5.06. The predicted molar refractivity (Wildman–Crippen MR) is 141 cm³/mol. The number of amides is 2. The van der Waals surface area contributed by atoms with E-state index in [0.29, 0.717) is 32.7 Å². The average Bonchev–Trinajstić information content (AvgIpc) is 3.41. The van der Waals surface area contributed by atoms with Crippen LogP contribution in [0, 0.1) is 5.92 Å². The van der Waals surface area contributed by atoms with Crippen LogP contribution >= 0.6 is 23.1 Å². The number of hydrogen-bond acceptors (Lipinski definition) is 6. The Morgan fingerprint density at radius 3 is 2.41 bits per heavy atom. The zero-order chi connectivity index (χ0) is 27.3.